The summed E-state index contributed by atoms with van der Waals surface area (Å²) < 4.78 is 13.0. The smallest absolute Gasteiger partial charge is 0.414 e. The lowest BCUT2D eigenvalue weighted by Gasteiger charge is -2.35. The Kier molecular flexibility index (Phi) is 6.07. The Morgan fingerprint density at radius 2 is 1.97 bits per heavy atom. The van der Waals surface area contributed by atoms with Gasteiger partial charge in [0.2, 0.25) is 0 Å². The van der Waals surface area contributed by atoms with E-state index in [1.807, 2.05) is 32.2 Å². The molecule has 0 saturated heterocycles. The number of nitrogens with zero attached hydrogens (tertiary/aromatic N) is 5. The Balaban J connectivity index is 1.83. The predicted octanol–water partition coefficient (Wildman–Crippen LogP) is 4.12. The number of benzene rings is 1. The number of anilines is 1. The van der Waals surface area contributed by atoms with Crippen molar-refractivity contribution in [2.75, 3.05) is 12.0 Å². The van der Waals surface area contributed by atoms with Crippen molar-refractivity contribution in [2.24, 2.45) is 0 Å². The average molecular weight is 452 g/mol. The molecule has 3 aromatic rings. The van der Waals surface area contributed by atoms with Gasteiger partial charge in [0.15, 0.2) is 0 Å². The number of carbonyl (C=O) groups is 1. The molecule has 0 aliphatic carbocycles. The van der Waals surface area contributed by atoms with Gasteiger partial charge in [-0.15, -0.1) is 0 Å². The van der Waals surface area contributed by atoms with Crippen molar-refractivity contribution in [2.45, 2.75) is 58.7 Å². The van der Waals surface area contributed by atoms with Crippen molar-refractivity contribution in [3.8, 4) is 22.9 Å². The molecule has 0 saturated carbocycles. The molecule has 0 radical (unpaired) electrons. The second-order valence-corrected chi connectivity index (χ2v) is 9.05. The molecule has 1 N–H and O–H groups in total. The number of ether oxygens (including phenoxy) is 2. The number of hydrogen-bond acceptors (Lipinski definition) is 7. The van der Waals surface area contributed by atoms with E-state index in [2.05, 4.69) is 15.1 Å². The van der Waals surface area contributed by atoms with Gasteiger partial charge in [0.05, 0.1) is 31.1 Å². The number of hydrogen-bond donors (Lipinski definition) is 1. The molecule has 174 valence electrons. The van der Waals surface area contributed by atoms with E-state index in [4.69, 9.17) is 9.47 Å². The minimum Gasteiger partial charge on any atom is -0.452 e. The van der Waals surface area contributed by atoms with E-state index < -0.39 is 11.7 Å². The number of methoxy groups -OCH3 is 1. The summed E-state index contributed by atoms with van der Waals surface area (Å²) in [5.41, 5.74) is 3.29. The fourth-order valence-corrected chi connectivity index (χ4v) is 4.04. The zero-order valence-corrected chi connectivity index (χ0v) is 19.6. The minimum absolute atomic E-state index is 0.00573. The Labute approximate surface area is 193 Å². The van der Waals surface area contributed by atoms with Crippen molar-refractivity contribution in [3.05, 3.63) is 48.0 Å². The van der Waals surface area contributed by atoms with Crippen molar-refractivity contribution in [1.82, 2.24) is 19.7 Å². The molecule has 3 heterocycles. The first-order valence-electron chi connectivity index (χ1n) is 10.9. The normalized spacial score (nSPS) is 15.8. The summed E-state index contributed by atoms with van der Waals surface area (Å²) >= 11 is 0. The van der Waals surface area contributed by atoms with Crippen LogP contribution in [0.4, 0.5) is 10.5 Å². The lowest BCUT2D eigenvalue weighted by molar-refractivity contribution is 0.0577. The second-order valence-electron chi connectivity index (χ2n) is 9.05. The van der Waals surface area contributed by atoms with Gasteiger partial charge < -0.3 is 14.6 Å². The highest BCUT2D eigenvalue weighted by atomic mass is 16.5. The highest BCUT2D eigenvalue weighted by Crippen LogP contribution is 2.44. The van der Waals surface area contributed by atoms with Crippen LogP contribution < -0.4 is 9.64 Å². The second kappa shape index (κ2) is 8.82. The molecule has 1 amide bonds. The summed E-state index contributed by atoms with van der Waals surface area (Å²) in [5, 5.41) is 14.6. The fraction of sp³-hybridized carbons (Fsp3) is 0.417. The molecule has 4 rings (SSSR count). The van der Waals surface area contributed by atoms with Crippen molar-refractivity contribution < 1.29 is 19.4 Å². The number of amides is 1. The molecule has 1 aliphatic heterocycles. The summed E-state index contributed by atoms with van der Waals surface area (Å²) in [6.45, 7) is 7.73. The van der Waals surface area contributed by atoms with Crippen LogP contribution in [0.15, 0.2) is 36.9 Å². The first-order valence-corrected chi connectivity index (χ1v) is 10.9. The summed E-state index contributed by atoms with van der Waals surface area (Å²) in [5.74, 6) is 0.583. The quantitative estimate of drug-likeness (QED) is 0.622. The van der Waals surface area contributed by atoms with Gasteiger partial charge in [0, 0.05) is 41.3 Å². The number of fused-ring (bicyclic) bond motifs is 1. The van der Waals surface area contributed by atoms with E-state index in [9.17, 15) is 9.90 Å². The standard InChI is InChI=1S/C24H29N5O4/c1-15-10-25-22(26-11-15)33-21-18(17-12-27-28(13-17)14-24(3,4)31)8-9-20-19(21)7-6-16(2)29(20)23(30)32-5/h8-13,16,31H,6-7,14H2,1-5H3/t16-/m0/s1. The molecular formula is C24H29N5O4. The fourth-order valence-electron chi connectivity index (χ4n) is 4.04. The third-order valence-electron chi connectivity index (χ3n) is 5.56. The van der Waals surface area contributed by atoms with Crippen LogP contribution in [0.5, 0.6) is 11.8 Å². The lowest BCUT2D eigenvalue weighted by atomic mass is 9.92. The van der Waals surface area contributed by atoms with Crippen LogP contribution >= 0.6 is 0 Å². The summed E-state index contributed by atoms with van der Waals surface area (Å²) in [6, 6.07) is 4.03. The van der Waals surface area contributed by atoms with Crippen molar-refractivity contribution >= 4 is 11.8 Å². The summed E-state index contributed by atoms with van der Waals surface area (Å²) in [7, 11) is 1.38. The molecule has 33 heavy (non-hydrogen) atoms. The molecule has 1 aliphatic rings. The molecule has 0 bridgehead atoms. The Hall–Kier alpha value is -3.46. The maximum atomic E-state index is 12.5. The largest absolute Gasteiger partial charge is 0.452 e. The van der Waals surface area contributed by atoms with Gasteiger partial charge >= 0.3 is 12.1 Å². The molecule has 0 spiro atoms. The first-order chi connectivity index (χ1) is 15.7. The van der Waals surface area contributed by atoms with Crippen LogP contribution in [-0.2, 0) is 17.7 Å². The van der Waals surface area contributed by atoms with E-state index in [-0.39, 0.29) is 12.1 Å². The van der Waals surface area contributed by atoms with Gasteiger partial charge in [0.25, 0.3) is 0 Å². The van der Waals surface area contributed by atoms with Gasteiger partial charge in [-0.3, -0.25) is 9.58 Å². The molecule has 1 atom stereocenters. The van der Waals surface area contributed by atoms with Crippen LogP contribution in [-0.4, -0.2) is 49.7 Å². The zero-order valence-electron chi connectivity index (χ0n) is 19.6. The molecular weight excluding hydrogens is 422 g/mol. The number of rotatable bonds is 5. The minimum atomic E-state index is -0.897. The van der Waals surface area contributed by atoms with Crippen LogP contribution in [0.25, 0.3) is 11.1 Å². The molecule has 0 unspecified atom stereocenters. The maximum absolute atomic E-state index is 12.5. The lowest BCUT2D eigenvalue weighted by Crippen LogP contribution is -2.42. The van der Waals surface area contributed by atoms with Crippen LogP contribution in [0.1, 0.15) is 38.3 Å². The molecule has 9 nitrogen and oxygen atoms in total. The molecule has 9 heteroatoms. The van der Waals surface area contributed by atoms with Crippen LogP contribution in [0, 0.1) is 6.92 Å². The first kappa shape index (κ1) is 22.7. The van der Waals surface area contributed by atoms with Gasteiger partial charge in [-0.2, -0.15) is 5.10 Å². The van der Waals surface area contributed by atoms with E-state index in [0.717, 1.165) is 40.8 Å². The average Bonchev–Trinajstić information content (AvgIpc) is 3.21. The van der Waals surface area contributed by atoms with Crippen LogP contribution in [0.2, 0.25) is 0 Å². The van der Waals surface area contributed by atoms with Gasteiger partial charge in [0.1, 0.15) is 5.75 Å². The van der Waals surface area contributed by atoms with Crippen molar-refractivity contribution in [3.63, 3.8) is 0 Å². The summed E-state index contributed by atoms with van der Waals surface area (Å²) in [4.78, 5) is 22.8. The SMILES string of the molecule is COC(=O)N1c2ccc(-c3cnn(CC(C)(C)O)c3)c(Oc3ncc(C)cn3)c2CC[C@@H]1C. The Morgan fingerprint density at radius 1 is 1.24 bits per heavy atom. The third kappa shape index (κ3) is 4.83. The molecule has 1 aromatic carbocycles. The van der Waals surface area contributed by atoms with E-state index in [0.29, 0.717) is 12.3 Å². The predicted molar refractivity (Wildman–Crippen MR) is 123 cm³/mol. The highest BCUT2D eigenvalue weighted by molar-refractivity contribution is 5.92. The topological polar surface area (TPSA) is 103 Å². The van der Waals surface area contributed by atoms with Gasteiger partial charge in [-0.25, -0.2) is 14.8 Å². The zero-order chi connectivity index (χ0) is 23.8. The highest BCUT2D eigenvalue weighted by Gasteiger charge is 2.32. The Bertz CT molecular complexity index is 1150. The van der Waals surface area contributed by atoms with Gasteiger partial charge in [-0.05, 0) is 58.2 Å². The Morgan fingerprint density at radius 3 is 2.64 bits per heavy atom. The number of aliphatic hydroxyl groups is 1. The third-order valence-corrected chi connectivity index (χ3v) is 5.56. The van der Waals surface area contributed by atoms with E-state index in [1.54, 1.807) is 42.0 Å². The van der Waals surface area contributed by atoms with E-state index >= 15 is 0 Å². The van der Waals surface area contributed by atoms with Crippen molar-refractivity contribution in [1.29, 1.82) is 0 Å². The maximum Gasteiger partial charge on any atom is 0.414 e. The monoisotopic (exact) mass is 451 g/mol. The van der Waals surface area contributed by atoms with Crippen LogP contribution in [0.3, 0.4) is 0 Å². The number of aryl methyl sites for hydroxylation is 1. The van der Waals surface area contributed by atoms with Gasteiger partial charge in [-0.1, -0.05) is 0 Å². The molecule has 0 fully saturated rings. The number of carbonyl (C=O) groups excluding carboxylic acids is 1. The summed E-state index contributed by atoms with van der Waals surface area (Å²) in [6.07, 6.45) is 8.06. The molecule has 2 aromatic heterocycles. The number of aromatic nitrogens is 4. The van der Waals surface area contributed by atoms with E-state index in [1.165, 1.54) is 7.11 Å².